The molecule has 0 radical (unpaired) electrons. The molecule has 9 rings (SSSR count). The molecule has 302 valence electrons. The maximum absolute atomic E-state index is 6.87. The third-order valence-electron chi connectivity index (χ3n) is 11.2. The van der Waals surface area contributed by atoms with Gasteiger partial charge in [0.25, 0.3) is 0 Å². The lowest BCUT2D eigenvalue weighted by Crippen LogP contribution is -2.18. The molecule has 0 amide bonds. The first kappa shape index (κ1) is 40.7. The molecule has 2 nitrogen and oxygen atoms in total. The predicted molar refractivity (Wildman–Crippen MR) is 269 cm³/mol. The number of hydrogen-bond acceptors (Lipinski definition) is 2. The zero-order valence-corrected chi connectivity index (χ0v) is 37.4. The highest BCUT2D eigenvalue weighted by molar-refractivity contribution is 9.10. The maximum Gasteiger partial charge on any atom is 0.0540 e. The average molecular weight is 886 g/mol. The summed E-state index contributed by atoms with van der Waals surface area (Å²) >= 11 is 10.7. The minimum absolute atomic E-state index is 0.200. The van der Waals surface area contributed by atoms with Gasteiger partial charge >= 0.3 is 0 Å². The summed E-state index contributed by atoms with van der Waals surface area (Å²) in [5.41, 5.74) is 16.3. The molecular formula is C58H46BrClN2. The number of halogens is 2. The average Bonchev–Trinajstić information content (AvgIpc) is 3.30. The van der Waals surface area contributed by atoms with E-state index in [-0.39, 0.29) is 5.41 Å². The summed E-state index contributed by atoms with van der Waals surface area (Å²) in [5.74, 6) is 0. The lowest BCUT2D eigenvalue weighted by molar-refractivity contribution is 0.590. The Bertz CT molecular complexity index is 2900. The van der Waals surface area contributed by atoms with E-state index in [1.165, 1.54) is 11.1 Å². The van der Waals surface area contributed by atoms with E-state index in [1.807, 2.05) is 12.1 Å². The van der Waals surface area contributed by atoms with Gasteiger partial charge in [0, 0.05) is 43.5 Å². The summed E-state index contributed by atoms with van der Waals surface area (Å²) in [6.07, 6.45) is 0. The molecule has 0 saturated heterocycles. The molecule has 0 fully saturated rings. The van der Waals surface area contributed by atoms with E-state index in [2.05, 4.69) is 259 Å². The fourth-order valence-electron chi connectivity index (χ4n) is 8.12. The van der Waals surface area contributed by atoms with Crippen LogP contribution in [0.4, 0.5) is 34.1 Å². The van der Waals surface area contributed by atoms with Crippen molar-refractivity contribution in [1.82, 2.24) is 0 Å². The quantitative estimate of drug-likeness (QED) is 0.135. The number of rotatable bonds is 10. The van der Waals surface area contributed by atoms with Crippen LogP contribution in [0, 0.1) is 0 Å². The molecule has 9 aromatic carbocycles. The lowest BCUT2D eigenvalue weighted by atomic mass is 9.86. The second-order valence-electron chi connectivity index (χ2n) is 16.6. The number of anilines is 6. The molecule has 0 bridgehead atoms. The van der Waals surface area contributed by atoms with Gasteiger partial charge in [-0.15, -0.1) is 0 Å². The molecule has 0 N–H and O–H groups in total. The van der Waals surface area contributed by atoms with E-state index in [0.29, 0.717) is 5.02 Å². The van der Waals surface area contributed by atoms with Crippen molar-refractivity contribution in [3.63, 3.8) is 0 Å². The zero-order chi connectivity index (χ0) is 42.6. The third-order valence-corrected chi connectivity index (χ3v) is 12.0. The van der Waals surface area contributed by atoms with Crippen molar-refractivity contribution in [2.45, 2.75) is 26.2 Å². The number of hydrogen-bond donors (Lipinski definition) is 0. The van der Waals surface area contributed by atoms with Crippen LogP contribution in [-0.2, 0) is 5.41 Å². The van der Waals surface area contributed by atoms with Gasteiger partial charge in [-0.25, -0.2) is 0 Å². The molecule has 0 aliphatic rings. The van der Waals surface area contributed by atoms with Crippen LogP contribution in [0.5, 0.6) is 0 Å². The standard InChI is InChI=1S/C58H46BrClN2/c1-58(2,3)48-36-54(61(52-29-17-27-50(60)39-52)53-33-46(42-20-10-5-11-21-42)32-47(34-53)43-22-12-6-13-23-43)40-55(37-48)62(51-28-16-26-49(59)38-51)57-31-30-45(41-18-8-4-9-19-41)35-56(57)44-24-14-7-15-25-44/h4-40H,1-3H3. The summed E-state index contributed by atoms with van der Waals surface area (Å²) in [5, 5.41) is 0.670. The summed E-state index contributed by atoms with van der Waals surface area (Å²) < 4.78 is 1.00. The predicted octanol–water partition coefficient (Wildman–Crippen LogP) is 18.0. The molecule has 62 heavy (non-hydrogen) atoms. The largest absolute Gasteiger partial charge is 0.310 e. The van der Waals surface area contributed by atoms with Gasteiger partial charge in [0.05, 0.1) is 5.69 Å². The second-order valence-corrected chi connectivity index (χ2v) is 17.9. The van der Waals surface area contributed by atoms with E-state index in [9.17, 15) is 0 Å². The highest BCUT2D eigenvalue weighted by atomic mass is 79.9. The fourth-order valence-corrected chi connectivity index (χ4v) is 8.69. The van der Waals surface area contributed by atoms with E-state index in [4.69, 9.17) is 11.6 Å². The van der Waals surface area contributed by atoms with Gasteiger partial charge in [-0.3, -0.25) is 0 Å². The Labute approximate surface area is 379 Å². The van der Waals surface area contributed by atoms with Crippen LogP contribution in [0.25, 0.3) is 44.5 Å². The maximum atomic E-state index is 6.87. The zero-order valence-electron chi connectivity index (χ0n) is 35.0. The van der Waals surface area contributed by atoms with Crippen molar-refractivity contribution in [1.29, 1.82) is 0 Å². The first-order valence-corrected chi connectivity index (χ1v) is 22.1. The third kappa shape index (κ3) is 8.88. The van der Waals surface area contributed by atoms with E-state index >= 15 is 0 Å². The van der Waals surface area contributed by atoms with Gasteiger partial charge in [0.1, 0.15) is 0 Å². The molecule has 0 spiro atoms. The topological polar surface area (TPSA) is 6.48 Å². The smallest absolute Gasteiger partial charge is 0.0540 e. The number of nitrogens with zero attached hydrogens (tertiary/aromatic N) is 2. The Kier molecular flexibility index (Phi) is 11.7. The van der Waals surface area contributed by atoms with Crippen molar-refractivity contribution in [2.24, 2.45) is 0 Å². The fraction of sp³-hybridized carbons (Fsp3) is 0.0690. The highest BCUT2D eigenvalue weighted by Crippen LogP contribution is 2.48. The minimum atomic E-state index is -0.200. The van der Waals surface area contributed by atoms with Crippen molar-refractivity contribution in [3.8, 4) is 44.5 Å². The Hall–Kier alpha value is -6.65. The lowest BCUT2D eigenvalue weighted by Gasteiger charge is -2.33. The number of benzene rings is 9. The minimum Gasteiger partial charge on any atom is -0.310 e. The first-order chi connectivity index (χ1) is 30.2. The van der Waals surface area contributed by atoms with Crippen LogP contribution in [0.1, 0.15) is 26.3 Å². The first-order valence-electron chi connectivity index (χ1n) is 21.0. The van der Waals surface area contributed by atoms with Gasteiger partial charge in [0.15, 0.2) is 0 Å². The van der Waals surface area contributed by atoms with Crippen molar-refractivity contribution < 1.29 is 0 Å². The molecule has 0 saturated carbocycles. The highest BCUT2D eigenvalue weighted by Gasteiger charge is 2.25. The van der Waals surface area contributed by atoms with Crippen molar-refractivity contribution in [2.75, 3.05) is 9.80 Å². The van der Waals surface area contributed by atoms with Crippen LogP contribution in [0.2, 0.25) is 5.02 Å². The summed E-state index contributed by atoms with van der Waals surface area (Å²) in [6, 6.07) is 80.1. The Morgan fingerprint density at radius 1 is 0.355 bits per heavy atom. The summed E-state index contributed by atoms with van der Waals surface area (Å²) in [6.45, 7) is 6.87. The SMILES string of the molecule is CC(C)(C)c1cc(N(c2cccc(Cl)c2)c2cc(-c3ccccc3)cc(-c3ccccc3)c2)cc(N(c2cccc(Br)c2)c2ccc(-c3ccccc3)cc2-c2ccccc2)c1. The van der Waals surface area contributed by atoms with E-state index < -0.39 is 0 Å². The molecule has 0 aromatic heterocycles. The van der Waals surface area contributed by atoms with Crippen molar-refractivity contribution in [3.05, 3.63) is 240 Å². The molecule has 0 heterocycles. The van der Waals surface area contributed by atoms with Gasteiger partial charge in [-0.1, -0.05) is 188 Å². The van der Waals surface area contributed by atoms with Crippen LogP contribution < -0.4 is 9.80 Å². The molecule has 0 aliphatic carbocycles. The van der Waals surface area contributed by atoms with Gasteiger partial charge < -0.3 is 9.80 Å². The Morgan fingerprint density at radius 3 is 1.37 bits per heavy atom. The van der Waals surface area contributed by atoms with Crippen LogP contribution in [-0.4, -0.2) is 0 Å². The van der Waals surface area contributed by atoms with Gasteiger partial charge in [-0.2, -0.15) is 0 Å². The van der Waals surface area contributed by atoms with Crippen molar-refractivity contribution >= 4 is 61.7 Å². The van der Waals surface area contributed by atoms with E-state index in [1.54, 1.807) is 0 Å². The van der Waals surface area contributed by atoms with E-state index in [0.717, 1.165) is 77.5 Å². The molecule has 0 aliphatic heterocycles. The van der Waals surface area contributed by atoms with Crippen LogP contribution in [0.15, 0.2) is 229 Å². The molecule has 4 heteroatoms. The summed E-state index contributed by atoms with van der Waals surface area (Å²) in [7, 11) is 0. The van der Waals surface area contributed by atoms with Crippen LogP contribution in [0.3, 0.4) is 0 Å². The molecule has 9 aromatic rings. The molecule has 0 atom stereocenters. The Morgan fingerprint density at radius 2 is 0.839 bits per heavy atom. The molecule has 0 unspecified atom stereocenters. The monoisotopic (exact) mass is 884 g/mol. The molecular weight excluding hydrogens is 840 g/mol. The van der Waals surface area contributed by atoms with Crippen LogP contribution >= 0.6 is 27.5 Å². The Balaban J connectivity index is 1.33. The van der Waals surface area contributed by atoms with Gasteiger partial charge in [-0.05, 0) is 135 Å². The second kappa shape index (κ2) is 17.8. The summed E-state index contributed by atoms with van der Waals surface area (Å²) in [4.78, 5) is 4.77. The van der Waals surface area contributed by atoms with Gasteiger partial charge in [0.2, 0.25) is 0 Å². The normalized spacial score (nSPS) is 11.3.